The summed E-state index contributed by atoms with van der Waals surface area (Å²) >= 11 is 5.71. The second kappa shape index (κ2) is 4.61. The van der Waals surface area contributed by atoms with Gasteiger partial charge in [-0.05, 0) is 37.8 Å². The first-order valence-electron chi connectivity index (χ1n) is 5.44. The highest BCUT2D eigenvalue weighted by molar-refractivity contribution is 6.33. The van der Waals surface area contributed by atoms with Crippen molar-refractivity contribution in [3.8, 4) is 0 Å². The molecule has 1 fully saturated rings. The summed E-state index contributed by atoms with van der Waals surface area (Å²) in [4.78, 5) is 11.8. The SMILES string of the molecule is CC(NC(=O)c1cc(F)c(F)cc1Cl)C1CC1. The average Bonchev–Trinajstić information content (AvgIpc) is 3.06. The summed E-state index contributed by atoms with van der Waals surface area (Å²) in [5.41, 5.74) is -0.0296. The monoisotopic (exact) mass is 259 g/mol. The van der Waals surface area contributed by atoms with Crippen molar-refractivity contribution in [2.75, 3.05) is 0 Å². The van der Waals surface area contributed by atoms with Crippen molar-refractivity contribution >= 4 is 17.5 Å². The van der Waals surface area contributed by atoms with Gasteiger partial charge in [0.2, 0.25) is 0 Å². The predicted molar refractivity (Wildman–Crippen MR) is 61.0 cm³/mol. The summed E-state index contributed by atoms with van der Waals surface area (Å²) in [6.07, 6.45) is 2.18. The Morgan fingerprint density at radius 2 is 2.00 bits per heavy atom. The second-order valence-corrected chi connectivity index (χ2v) is 4.75. The van der Waals surface area contributed by atoms with Gasteiger partial charge in [-0.2, -0.15) is 0 Å². The molecule has 0 radical (unpaired) electrons. The van der Waals surface area contributed by atoms with Crippen LogP contribution in [-0.2, 0) is 0 Å². The van der Waals surface area contributed by atoms with Crippen LogP contribution >= 0.6 is 11.6 Å². The first kappa shape index (κ1) is 12.3. The third-order valence-electron chi connectivity index (χ3n) is 2.94. The van der Waals surface area contributed by atoms with E-state index in [4.69, 9.17) is 11.6 Å². The molecule has 2 rings (SSSR count). The van der Waals surface area contributed by atoms with Gasteiger partial charge in [0, 0.05) is 6.04 Å². The van der Waals surface area contributed by atoms with Crippen molar-refractivity contribution in [2.45, 2.75) is 25.8 Å². The molecule has 0 aromatic heterocycles. The molecule has 1 aliphatic carbocycles. The summed E-state index contributed by atoms with van der Waals surface area (Å²) in [6, 6.07) is 1.67. The lowest BCUT2D eigenvalue weighted by Crippen LogP contribution is -2.34. The van der Waals surface area contributed by atoms with E-state index in [1.807, 2.05) is 6.92 Å². The molecule has 1 atom stereocenters. The Morgan fingerprint density at radius 3 is 2.59 bits per heavy atom. The first-order chi connectivity index (χ1) is 7.99. The van der Waals surface area contributed by atoms with E-state index >= 15 is 0 Å². The number of halogens is 3. The van der Waals surface area contributed by atoms with Crippen molar-refractivity contribution in [3.63, 3.8) is 0 Å². The van der Waals surface area contributed by atoms with Crippen LogP contribution in [0.25, 0.3) is 0 Å². The van der Waals surface area contributed by atoms with Crippen LogP contribution in [0.15, 0.2) is 12.1 Å². The number of amides is 1. The summed E-state index contributed by atoms with van der Waals surface area (Å²) < 4.78 is 25.8. The maximum Gasteiger partial charge on any atom is 0.253 e. The first-order valence-corrected chi connectivity index (χ1v) is 5.82. The summed E-state index contributed by atoms with van der Waals surface area (Å²) in [5, 5.41) is 2.65. The van der Waals surface area contributed by atoms with Gasteiger partial charge >= 0.3 is 0 Å². The fraction of sp³-hybridized carbons (Fsp3) is 0.417. The molecular formula is C12H12ClF2NO. The number of hydrogen-bond acceptors (Lipinski definition) is 1. The number of carbonyl (C=O) groups is 1. The van der Waals surface area contributed by atoms with Gasteiger partial charge in [0.15, 0.2) is 11.6 Å². The maximum atomic E-state index is 13.0. The Balaban J connectivity index is 2.15. The minimum absolute atomic E-state index is 0.0296. The van der Waals surface area contributed by atoms with Crippen LogP contribution in [0, 0.1) is 17.6 Å². The quantitative estimate of drug-likeness (QED) is 0.830. The molecule has 1 unspecified atom stereocenters. The minimum atomic E-state index is -1.07. The van der Waals surface area contributed by atoms with Crippen LogP contribution in [0.1, 0.15) is 30.1 Å². The van der Waals surface area contributed by atoms with E-state index in [0.717, 1.165) is 25.0 Å². The molecule has 1 N–H and O–H groups in total. The maximum absolute atomic E-state index is 13.0. The van der Waals surface area contributed by atoms with E-state index in [-0.39, 0.29) is 16.6 Å². The molecule has 0 spiro atoms. The zero-order valence-electron chi connectivity index (χ0n) is 9.27. The Labute approximate surface area is 103 Å². The van der Waals surface area contributed by atoms with Gasteiger partial charge in [-0.25, -0.2) is 8.78 Å². The van der Waals surface area contributed by atoms with Crippen LogP contribution in [0.2, 0.25) is 5.02 Å². The molecule has 0 aliphatic heterocycles. The molecule has 92 valence electrons. The molecular weight excluding hydrogens is 248 g/mol. The Hall–Kier alpha value is -1.16. The van der Waals surface area contributed by atoms with Gasteiger partial charge < -0.3 is 5.32 Å². The Morgan fingerprint density at radius 1 is 1.41 bits per heavy atom. The van der Waals surface area contributed by atoms with Crippen molar-refractivity contribution in [3.05, 3.63) is 34.4 Å². The Bertz CT molecular complexity index is 460. The largest absolute Gasteiger partial charge is 0.349 e. The standard InChI is InChI=1S/C12H12ClF2NO/c1-6(7-2-3-7)16-12(17)8-4-10(14)11(15)5-9(8)13/h4-7H,2-3H2,1H3,(H,16,17). The highest BCUT2D eigenvalue weighted by Crippen LogP contribution is 2.32. The fourth-order valence-corrected chi connectivity index (χ4v) is 1.93. The van der Waals surface area contributed by atoms with Gasteiger partial charge in [0.25, 0.3) is 5.91 Å². The number of rotatable bonds is 3. The normalized spacial score (nSPS) is 16.7. The molecule has 5 heteroatoms. The average molecular weight is 260 g/mol. The third kappa shape index (κ3) is 2.75. The van der Waals surface area contributed by atoms with Crippen molar-refractivity contribution in [1.82, 2.24) is 5.32 Å². The highest BCUT2D eigenvalue weighted by atomic mass is 35.5. The number of carbonyl (C=O) groups excluding carboxylic acids is 1. The molecule has 0 heterocycles. The molecule has 17 heavy (non-hydrogen) atoms. The number of hydrogen-bond donors (Lipinski definition) is 1. The molecule has 0 bridgehead atoms. The highest BCUT2D eigenvalue weighted by Gasteiger charge is 2.29. The summed E-state index contributed by atoms with van der Waals surface area (Å²) in [7, 11) is 0. The molecule has 1 aromatic rings. The van der Waals surface area contributed by atoms with Crippen LogP contribution < -0.4 is 5.32 Å². The molecule has 1 aliphatic rings. The minimum Gasteiger partial charge on any atom is -0.349 e. The topological polar surface area (TPSA) is 29.1 Å². The molecule has 1 saturated carbocycles. The van der Waals surface area contributed by atoms with Gasteiger partial charge in [-0.15, -0.1) is 0 Å². The van der Waals surface area contributed by atoms with Crippen molar-refractivity contribution in [1.29, 1.82) is 0 Å². The summed E-state index contributed by atoms with van der Waals surface area (Å²) in [6.45, 7) is 1.89. The number of nitrogens with one attached hydrogen (secondary N) is 1. The van der Waals surface area contributed by atoms with Gasteiger partial charge in [-0.3, -0.25) is 4.79 Å². The van der Waals surface area contributed by atoms with Crippen LogP contribution in [0.3, 0.4) is 0 Å². The van der Waals surface area contributed by atoms with E-state index in [1.54, 1.807) is 0 Å². The zero-order chi connectivity index (χ0) is 12.6. The lowest BCUT2D eigenvalue weighted by Gasteiger charge is -2.13. The van der Waals surface area contributed by atoms with Gasteiger partial charge in [0.05, 0.1) is 10.6 Å². The van der Waals surface area contributed by atoms with Crippen molar-refractivity contribution in [2.24, 2.45) is 5.92 Å². The smallest absolute Gasteiger partial charge is 0.253 e. The third-order valence-corrected chi connectivity index (χ3v) is 3.26. The molecule has 1 aromatic carbocycles. The van der Waals surface area contributed by atoms with Crippen LogP contribution in [0.5, 0.6) is 0 Å². The lowest BCUT2D eigenvalue weighted by molar-refractivity contribution is 0.0935. The van der Waals surface area contributed by atoms with E-state index in [9.17, 15) is 13.6 Å². The van der Waals surface area contributed by atoms with Crippen LogP contribution in [-0.4, -0.2) is 11.9 Å². The van der Waals surface area contributed by atoms with Gasteiger partial charge in [-0.1, -0.05) is 11.6 Å². The van der Waals surface area contributed by atoms with Gasteiger partial charge in [0.1, 0.15) is 0 Å². The molecule has 0 saturated heterocycles. The van der Waals surface area contributed by atoms with Crippen molar-refractivity contribution < 1.29 is 13.6 Å². The predicted octanol–water partition coefficient (Wildman–Crippen LogP) is 3.15. The molecule has 2 nitrogen and oxygen atoms in total. The van der Waals surface area contributed by atoms with Crippen LogP contribution in [0.4, 0.5) is 8.78 Å². The zero-order valence-corrected chi connectivity index (χ0v) is 10.0. The number of benzene rings is 1. The lowest BCUT2D eigenvalue weighted by atomic mass is 10.1. The van der Waals surface area contributed by atoms with E-state index < -0.39 is 17.5 Å². The van der Waals surface area contributed by atoms with E-state index in [0.29, 0.717) is 5.92 Å². The fourth-order valence-electron chi connectivity index (χ4n) is 1.70. The Kier molecular flexibility index (Phi) is 3.33. The van der Waals surface area contributed by atoms with E-state index in [2.05, 4.69) is 5.32 Å². The van der Waals surface area contributed by atoms with E-state index in [1.165, 1.54) is 0 Å². The summed E-state index contributed by atoms with van der Waals surface area (Å²) in [5.74, 6) is -2.10. The second-order valence-electron chi connectivity index (χ2n) is 4.35. The molecule has 1 amide bonds.